The van der Waals surface area contributed by atoms with Gasteiger partial charge >= 0.3 is 0 Å². The third kappa shape index (κ3) is 3.54. The van der Waals surface area contributed by atoms with Gasteiger partial charge in [0.15, 0.2) is 17.3 Å². The van der Waals surface area contributed by atoms with Crippen molar-refractivity contribution in [2.45, 2.75) is 0 Å². The van der Waals surface area contributed by atoms with Crippen molar-refractivity contribution < 1.29 is 14.6 Å². The van der Waals surface area contributed by atoms with Crippen LogP contribution in [0.4, 0.5) is 0 Å². The molecule has 0 unspecified atom stereocenters. The molecule has 2 rings (SSSR count). The Bertz CT molecular complexity index is 791. The van der Waals surface area contributed by atoms with Crippen LogP contribution in [-0.4, -0.2) is 18.0 Å². The number of carbonyl (C=O) groups excluding carboxylic acids is 1. The fourth-order valence-electron chi connectivity index (χ4n) is 1.86. The van der Waals surface area contributed by atoms with E-state index in [9.17, 15) is 9.90 Å². The molecule has 0 atom stereocenters. The number of methoxy groups -OCH3 is 1. The zero-order valence-electron chi connectivity index (χ0n) is 11.7. The molecule has 0 amide bonds. The van der Waals surface area contributed by atoms with E-state index < -0.39 is 0 Å². The Morgan fingerprint density at radius 3 is 2.82 bits per heavy atom. The summed E-state index contributed by atoms with van der Waals surface area (Å²) in [5.41, 5.74) is 1.58. The highest BCUT2D eigenvalue weighted by atomic mass is 79.9. The van der Waals surface area contributed by atoms with Gasteiger partial charge in [-0.1, -0.05) is 18.2 Å². The molecule has 0 aliphatic carbocycles. The topological polar surface area (TPSA) is 70.3 Å². The smallest absolute Gasteiger partial charge is 0.185 e. The minimum Gasteiger partial charge on any atom is -0.503 e. The number of carbonyl (C=O) groups is 1. The Kier molecular flexibility index (Phi) is 4.97. The maximum absolute atomic E-state index is 12.1. The molecule has 22 heavy (non-hydrogen) atoms. The number of halogens is 1. The minimum absolute atomic E-state index is 0.00713. The van der Waals surface area contributed by atoms with E-state index in [-0.39, 0.29) is 11.5 Å². The van der Waals surface area contributed by atoms with Gasteiger partial charge < -0.3 is 9.84 Å². The molecule has 0 heterocycles. The predicted molar refractivity (Wildman–Crippen MR) is 86.9 cm³/mol. The Morgan fingerprint density at radius 2 is 2.14 bits per heavy atom. The van der Waals surface area contributed by atoms with Gasteiger partial charge in [-0.2, -0.15) is 5.26 Å². The molecule has 5 heteroatoms. The molecule has 0 aromatic heterocycles. The van der Waals surface area contributed by atoms with Gasteiger partial charge in [0, 0.05) is 5.56 Å². The lowest BCUT2D eigenvalue weighted by atomic mass is 10.1. The van der Waals surface area contributed by atoms with Crippen molar-refractivity contribution in [3.05, 3.63) is 63.6 Å². The highest BCUT2D eigenvalue weighted by molar-refractivity contribution is 9.10. The first-order valence-corrected chi connectivity index (χ1v) is 7.13. The van der Waals surface area contributed by atoms with Gasteiger partial charge in [-0.25, -0.2) is 0 Å². The molecule has 0 saturated heterocycles. The van der Waals surface area contributed by atoms with Crippen LogP contribution in [0.15, 0.2) is 46.9 Å². The molecular formula is C17H12BrNO3. The maximum atomic E-state index is 12.1. The summed E-state index contributed by atoms with van der Waals surface area (Å²) in [6.45, 7) is 0. The predicted octanol–water partition coefficient (Wildman–Crippen LogP) is 3.93. The van der Waals surface area contributed by atoms with Crippen molar-refractivity contribution in [1.82, 2.24) is 0 Å². The number of ether oxygens (including phenoxy) is 1. The average molecular weight is 358 g/mol. The number of hydrogen-bond acceptors (Lipinski definition) is 4. The normalized spacial score (nSPS) is 10.4. The summed E-state index contributed by atoms with van der Waals surface area (Å²) < 4.78 is 5.53. The molecule has 1 N–H and O–H groups in total. The number of hydrogen-bond donors (Lipinski definition) is 1. The van der Waals surface area contributed by atoms with Gasteiger partial charge in [0.05, 0.1) is 23.2 Å². The number of nitriles is 1. The van der Waals surface area contributed by atoms with Crippen LogP contribution in [0.1, 0.15) is 21.5 Å². The second kappa shape index (κ2) is 6.92. The number of allylic oxidation sites excluding steroid dienone is 1. The molecule has 4 nitrogen and oxygen atoms in total. The quantitative estimate of drug-likeness (QED) is 0.664. The van der Waals surface area contributed by atoms with Crippen LogP contribution in [0.5, 0.6) is 11.5 Å². The number of aromatic hydroxyl groups is 1. The van der Waals surface area contributed by atoms with E-state index in [1.165, 1.54) is 13.2 Å². The van der Waals surface area contributed by atoms with Crippen LogP contribution in [0.2, 0.25) is 0 Å². The number of nitrogens with zero attached hydrogens (tertiary/aromatic N) is 1. The van der Waals surface area contributed by atoms with Crippen molar-refractivity contribution in [3.8, 4) is 17.6 Å². The fourth-order valence-corrected chi connectivity index (χ4v) is 2.32. The van der Waals surface area contributed by atoms with Crippen molar-refractivity contribution in [2.75, 3.05) is 7.11 Å². The largest absolute Gasteiger partial charge is 0.503 e. The molecule has 0 aliphatic rings. The fraction of sp³-hybridized carbons (Fsp3) is 0.0588. The first-order chi connectivity index (χ1) is 10.5. The Morgan fingerprint density at radius 1 is 1.36 bits per heavy atom. The number of benzene rings is 2. The highest BCUT2D eigenvalue weighted by Crippen LogP contribution is 2.35. The van der Waals surface area contributed by atoms with Crippen molar-refractivity contribution >= 4 is 27.8 Å². The summed E-state index contributed by atoms with van der Waals surface area (Å²) in [5, 5.41) is 18.6. The summed E-state index contributed by atoms with van der Waals surface area (Å²) >= 11 is 3.22. The Labute approximate surface area is 136 Å². The van der Waals surface area contributed by atoms with Gasteiger partial charge in [0.1, 0.15) is 0 Å². The third-order valence-electron chi connectivity index (χ3n) is 2.97. The summed E-state index contributed by atoms with van der Waals surface area (Å²) in [6.07, 6.45) is 3.03. The molecule has 2 aromatic carbocycles. The molecule has 0 radical (unpaired) electrons. The molecule has 0 aliphatic heterocycles. The lowest BCUT2D eigenvalue weighted by Crippen LogP contribution is -1.94. The monoisotopic (exact) mass is 357 g/mol. The van der Waals surface area contributed by atoms with E-state index in [0.717, 1.165) is 0 Å². The van der Waals surface area contributed by atoms with E-state index in [1.54, 1.807) is 42.5 Å². The van der Waals surface area contributed by atoms with E-state index in [0.29, 0.717) is 26.9 Å². The summed E-state index contributed by atoms with van der Waals surface area (Å²) in [4.78, 5) is 12.1. The van der Waals surface area contributed by atoms with E-state index in [2.05, 4.69) is 15.9 Å². The first kappa shape index (κ1) is 15.8. The van der Waals surface area contributed by atoms with E-state index in [4.69, 9.17) is 10.00 Å². The van der Waals surface area contributed by atoms with Gasteiger partial charge in [-0.05, 0) is 51.8 Å². The van der Waals surface area contributed by atoms with Crippen LogP contribution in [0, 0.1) is 11.3 Å². The summed E-state index contributed by atoms with van der Waals surface area (Å²) in [7, 11) is 1.45. The number of ketones is 1. The molecule has 2 aromatic rings. The molecule has 0 saturated carbocycles. The average Bonchev–Trinajstić information content (AvgIpc) is 2.55. The number of phenols is 1. The van der Waals surface area contributed by atoms with Crippen molar-refractivity contribution in [2.24, 2.45) is 0 Å². The third-order valence-corrected chi connectivity index (χ3v) is 3.58. The molecule has 0 spiro atoms. The summed E-state index contributed by atoms with van der Waals surface area (Å²) in [6, 6.07) is 11.8. The van der Waals surface area contributed by atoms with Crippen molar-refractivity contribution in [1.29, 1.82) is 5.26 Å². The van der Waals surface area contributed by atoms with E-state index >= 15 is 0 Å². The van der Waals surface area contributed by atoms with E-state index in [1.807, 2.05) is 6.07 Å². The second-order valence-electron chi connectivity index (χ2n) is 4.44. The molecule has 110 valence electrons. The Hall–Kier alpha value is -2.58. The SMILES string of the molecule is COc1cc(/C=C/C(=O)c2cccc(C#N)c2)cc(Br)c1O. The van der Waals surface area contributed by atoms with Crippen LogP contribution >= 0.6 is 15.9 Å². The van der Waals surface area contributed by atoms with Crippen LogP contribution in [0.3, 0.4) is 0 Å². The standard InChI is InChI=1S/C17H12BrNO3/c1-22-16-9-11(8-14(18)17(16)21)5-6-15(20)13-4-2-3-12(7-13)10-19/h2-9,21H,1H3/b6-5+. The maximum Gasteiger partial charge on any atom is 0.185 e. The zero-order valence-corrected chi connectivity index (χ0v) is 13.3. The highest BCUT2D eigenvalue weighted by Gasteiger charge is 2.08. The van der Waals surface area contributed by atoms with Gasteiger partial charge in [-0.3, -0.25) is 4.79 Å². The molecular weight excluding hydrogens is 346 g/mol. The first-order valence-electron chi connectivity index (χ1n) is 6.34. The second-order valence-corrected chi connectivity index (χ2v) is 5.30. The molecule has 0 fully saturated rings. The Balaban J connectivity index is 2.26. The number of phenolic OH excluding ortho intramolecular Hbond substituents is 1. The van der Waals surface area contributed by atoms with Crippen LogP contribution < -0.4 is 4.74 Å². The van der Waals surface area contributed by atoms with Crippen LogP contribution in [-0.2, 0) is 0 Å². The van der Waals surface area contributed by atoms with Crippen molar-refractivity contribution in [3.63, 3.8) is 0 Å². The number of rotatable bonds is 4. The summed E-state index contributed by atoms with van der Waals surface area (Å²) in [5.74, 6) is 0.112. The van der Waals surface area contributed by atoms with Gasteiger partial charge in [0.25, 0.3) is 0 Å². The minimum atomic E-state index is -0.208. The lowest BCUT2D eigenvalue weighted by molar-refractivity contribution is 0.104. The van der Waals surface area contributed by atoms with Gasteiger partial charge in [-0.15, -0.1) is 0 Å². The van der Waals surface area contributed by atoms with Gasteiger partial charge in [0.2, 0.25) is 0 Å². The molecule has 0 bridgehead atoms. The lowest BCUT2D eigenvalue weighted by Gasteiger charge is -2.06. The zero-order chi connectivity index (χ0) is 16.1. The van der Waals surface area contributed by atoms with Crippen LogP contribution in [0.25, 0.3) is 6.08 Å².